The third-order valence-corrected chi connectivity index (χ3v) is 3.76. The highest BCUT2D eigenvalue weighted by molar-refractivity contribution is 6.30. The number of carbonyl (C=O) groups is 2. The summed E-state index contributed by atoms with van der Waals surface area (Å²) in [7, 11) is 0. The number of aliphatic carboxylic acids is 1. The molecule has 7 heteroatoms. The maximum Gasteiger partial charge on any atom is 0.303 e. The van der Waals surface area contributed by atoms with Crippen molar-refractivity contribution in [1.82, 2.24) is 15.1 Å². The van der Waals surface area contributed by atoms with Gasteiger partial charge in [0.15, 0.2) is 5.69 Å². The summed E-state index contributed by atoms with van der Waals surface area (Å²) in [6.45, 7) is 2.37. The highest BCUT2D eigenvalue weighted by Gasteiger charge is 2.13. The van der Waals surface area contributed by atoms with Crippen LogP contribution in [0, 0.1) is 6.92 Å². The number of amides is 1. The van der Waals surface area contributed by atoms with Crippen molar-refractivity contribution in [3.63, 3.8) is 0 Å². The largest absolute Gasteiger partial charge is 0.481 e. The number of halogens is 1. The molecule has 1 heterocycles. The second-order valence-corrected chi connectivity index (χ2v) is 5.96. The van der Waals surface area contributed by atoms with E-state index < -0.39 is 5.97 Å². The van der Waals surface area contributed by atoms with Gasteiger partial charge in [0, 0.05) is 23.7 Å². The van der Waals surface area contributed by atoms with Gasteiger partial charge in [0.25, 0.3) is 5.91 Å². The van der Waals surface area contributed by atoms with Gasteiger partial charge in [-0.2, -0.15) is 5.10 Å². The van der Waals surface area contributed by atoms with Gasteiger partial charge in [0.05, 0.1) is 5.69 Å². The van der Waals surface area contributed by atoms with Gasteiger partial charge in [-0.3, -0.25) is 9.59 Å². The highest BCUT2D eigenvalue weighted by Crippen LogP contribution is 2.16. The van der Waals surface area contributed by atoms with E-state index in [9.17, 15) is 9.59 Å². The SMILES string of the molecule is Cc1cc(C(=O)NCCCCCC(=O)O)nn1-c1cccc(Cl)c1. The van der Waals surface area contributed by atoms with Gasteiger partial charge in [-0.05, 0) is 44.0 Å². The van der Waals surface area contributed by atoms with Crippen LogP contribution < -0.4 is 5.32 Å². The van der Waals surface area contributed by atoms with Gasteiger partial charge in [-0.15, -0.1) is 0 Å². The summed E-state index contributed by atoms with van der Waals surface area (Å²) < 4.78 is 1.67. The lowest BCUT2D eigenvalue weighted by Gasteiger charge is -2.04. The number of hydrogen-bond acceptors (Lipinski definition) is 3. The molecule has 0 bridgehead atoms. The molecule has 1 aromatic carbocycles. The number of unbranched alkanes of at least 4 members (excludes halogenated alkanes) is 2. The van der Waals surface area contributed by atoms with Crippen LogP contribution in [0.3, 0.4) is 0 Å². The lowest BCUT2D eigenvalue weighted by atomic mass is 10.2. The Morgan fingerprint density at radius 2 is 2.04 bits per heavy atom. The zero-order valence-corrected chi connectivity index (χ0v) is 14.2. The van der Waals surface area contributed by atoms with Crippen LogP contribution in [0.4, 0.5) is 0 Å². The monoisotopic (exact) mass is 349 g/mol. The molecule has 0 unspecified atom stereocenters. The number of nitrogens with zero attached hydrogens (tertiary/aromatic N) is 2. The minimum atomic E-state index is -0.791. The number of hydrogen-bond donors (Lipinski definition) is 2. The number of nitrogens with one attached hydrogen (secondary N) is 1. The molecule has 0 spiro atoms. The van der Waals surface area contributed by atoms with Crippen LogP contribution in [0.5, 0.6) is 0 Å². The number of aryl methyl sites for hydroxylation is 1. The first kappa shape index (κ1) is 18.0. The summed E-state index contributed by atoms with van der Waals surface area (Å²) in [6.07, 6.45) is 2.29. The number of benzene rings is 1. The van der Waals surface area contributed by atoms with E-state index in [2.05, 4.69) is 10.4 Å². The first-order chi connectivity index (χ1) is 11.5. The quantitative estimate of drug-likeness (QED) is 0.717. The molecule has 0 atom stereocenters. The van der Waals surface area contributed by atoms with Crippen LogP contribution >= 0.6 is 11.6 Å². The van der Waals surface area contributed by atoms with E-state index >= 15 is 0 Å². The van der Waals surface area contributed by atoms with Crippen LogP contribution in [-0.2, 0) is 4.79 Å². The summed E-state index contributed by atoms with van der Waals surface area (Å²) in [6, 6.07) is 8.99. The van der Waals surface area contributed by atoms with E-state index in [4.69, 9.17) is 16.7 Å². The van der Waals surface area contributed by atoms with Gasteiger partial charge in [0.1, 0.15) is 0 Å². The van der Waals surface area contributed by atoms with Crippen LogP contribution in [0.2, 0.25) is 5.02 Å². The van der Waals surface area contributed by atoms with Crippen molar-refractivity contribution in [3.05, 3.63) is 46.7 Å². The number of carbonyl (C=O) groups excluding carboxylic acids is 1. The Morgan fingerprint density at radius 3 is 2.75 bits per heavy atom. The van der Waals surface area contributed by atoms with Gasteiger partial charge in [-0.1, -0.05) is 24.1 Å². The maximum absolute atomic E-state index is 12.1. The van der Waals surface area contributed by atoms with E-state index in [1.807, 2.05) is 19.1 Å². The molecular weight excluding hydrogens is 330 g/mol. The number of aromatic nitrogens is 2. The Kier molecular flexibility index (Phi) is 6.37. The summed E-state index contributed by atoms with van der Waals surface area (Å²) >= 11 is 5.99. The molecule has 128 valence electrons. The van der Waals surface area contributed by atoms with E-state index in [0.717, 1.165) is 24.2 Å². The molecule has 0 fully saturated rings. The molecule has 24 heavy (non-hydrogen) atoms. The summed E-state index contributed by atoms with van der Waals surface area (Å²) in [4.78, 5) is 22.6. The Hall–Kier alpha value is -2.34. The summed E-state index contributed by atoms with van der Waals surface area (Å²) in [5.74, 6) is -1.03. The summed E-state index contributed by atoms with van der Waals surface area (Å²) in [5, 5.41) is 16.3. The molecule has 1 amide bonds. The minimum absolute atomic E-state index is 0.164. The van der Waals surface area contributed by atoms with Crippen LogP contribution in [0.25, 0.3) is 5.69 Å². The van der Waals surface area contributed by atoms with Gasteiger partial charge in [0.2, 0.25) is 0 Å². The van der Waals surface area contributed by atoms with Crippen molar-refractivity contribution in [3.8, 4) is 5.69 Å². The molecule has 6 nitrogen and oxygen atoms in total. The molecule has 0 aliphatic carbocycles. The van der Waals surface area contributed by atoms with Crippen LogP contribution in [0.15, 0.2) is 30.3 Å². The van der Waals surface area contributed by atoms with Crippen molar-refractivity contribution >= 4 is 23.5 Å². The van der Waals surface area contributed by atoms with Gasteiger partial charge in [-0.25, -0.2) is 4.68 Å². The molecule has 0 aliphatic heterocycles. The molecule has 2 rings (SSSR count). The number of carboxylic acids is 1. The number of rotatable bonds is 8. The predicted molar refractivity (Wildman–Crippen MR) is 91.7 cm³/mol. The molecule has 0 saturated carbocycles. The summed E-state index contributed by atoms with van der Waals surface area (Å²) in [5.41, 5.74) is 1.98. The zero-order chi connectivity index (χ0) is 17.5. The van der Waals surface area contributed by atoms with Gasteiger partial charge >= 0.3 is 5.97 Å². The van der Waals surface area contributed by atoms with Crippen molar-refractivity contribution in [2.24, 2.45) is 0 Å². The predicted octanol–water partition coefficient (Wildman–Crippen LogP) is 3.21. The van der Waals surface area contributed by atoms with Gasteiger partial charge < -0.3 is 10.4 Å². The van der Waals surface area contributed by atoms with Crippen LogP contribution in [0.1, 0.15) is 41.9 Å². The highest BCUT2D eigenvalue weighted by atomic mass is 35.5. The first-order valence-electron chi connectivity index (χ1n) is 7.80. The second-order valence-electron chi connectivity index (χ2n) is 5.52. The van der Waals surface area contributed by atoms with Crippen molar-refractivity contribution in [2.45, 2.75) is 32.6 Å². The number of carboxylic acid groups (broad SMARTS) is 1. The van der Waals surface area contributed by atoms with E-state index in [0.29, 0.717) is 23.7 Å². The second kappa shape index (κ2) is 8.49. The fourth-order valence-corrected chi connectivity index (χ4v) is 2.51. The van der Waals surface area contributed by atoms with Crippen molar-refractivity contribution < 1.29 is 14.7 Å². The zero-order valence-electron chi connectivity index (χ0n) is 13.5. The van der Waals surface area contributed by atoms with E-state index in [1.54, 1.807) is 22.9 Å². The van der Waals surface area contributed by atoms with E-state index in [-0.39, 0.29) is 12.3 Å². The van der Waals surface area contributed by atoms with Crippen LogP contribution in [-0.4, -0.2) is 33.3 Å². The lowest BCUT2D eigenvalue weighted by molar-refractivity contribution is -0.137. The smallest absolute Gasteiger partial charge is 0.303 e. The fraction of sp³-hybridized carbons (Fsp3) is 0.353. The standard InChI is InChI=1S/C17H20ClN3O3/c1-12-10-15(17(24)19-9-4-2-3-8-16(22)23)20-21(12)14-7-5-6-13(18)11-14/h5-7,10-11H,2-4,8-9H2,1H3,(H,19,24)(H,22,23). The third kappa shape index (κ3) is 5.09. The lowest BCUT2D eigenvalue weighted by Crippen LogP contribution is -2.25. The third-order valence-electron chi connectivity index (χ3n) is 3.53. The Morgan fingerprint density at radius 1 is 1.25 bits per heavy atom. The first-order valence-corrected chi connectivity index (χ1v) is 8.18. The minimum Gasteiger partial charge on any atom is -0.481 e. The average Bonchev–Trinajstić information content (AvgIpc) is 2.92. The topological polar surface area (TPSA) is 84.2 Å². The maximum atomic E-state index is 12.1. The molecule has 2 aromatic rings. The average molecular weight is 350 g/mol. The Labute approximate surface area is 145 Å². The molecule has 2 N–H and O–H groups in total. The van der Waals surface area contributed by atoms with E-state index in [1.165, 1.54) is 0 Å². The Balaban J connectivity index is 1.89. The van der Waals surface area contributed by atoms with Crippen molar-refractivity contribution in [1.29, 1.82) is 0 Å². The molecule has 1 aromatic heterocycles. The molecule has 0 saturated heterocycles. The van der Waals surface area contributed by atoms with Crippen molar-refractivity contribution in [2.75, 3.05) is 6.54 Å². The molecular formula is C17H20ClN3O3. The Bertz CT molecular complexity index is 728. The molecule has 0 radical (unpaired) electrons. The molecule has 0 aliphatic rings. The fourth-order valence-electron chi connectivity index (χ4n) is 2.33. The normalized spacial score (nSPS) is 10.6.